The molecule has 0 unspecified atom stereocenters. The topological polar surface area (TPSA) is 88.8 Å². The molecule has 15 heavy (non-hydrogen) atoms. The van der Waals surface area contributed by atoms with E-state index in [1.54, 1.807) is 0 Å². The highest BCUT2D eigenvalue weighted by Crippen LogP contribution is 2.05. The number of nitrogens with two attached hydrogens (primary N) is 2. The van der Waals surface area contributed by atoms with Crippen LogP contribution in [0.2, 0.25) is 0 Å². The van der Waals surface area contributed by atoms with Crippen molar-refractivity contribution in [1.29, 1.82) is 0 Å². The first-order valence-corrected chi connectivity index (χ1v) is 4.68. The fraction of sp³-hybridized carbons (Fsp3) is 0.200. The zero-order chi connectivity index (χ0) is 11.1. The molecule has 0 radical (unpaired) electrons. The standard InChI is InChI=1S/C10H15N5/c1-2-13-10(15-9(11)12)14-8-6-4-3-5-7-8/h3-7H,2H2,1H3,(H5,11,12,13,14,15). The second-order valence-corrected chi connectivity index (χ2v) is 2.83. The summed E-state index contributed by atoms with van der Waals surface area (Å²) in [6, 6.07) is 9.59. The zero-order valence-electron chi connectivity index (χ0n) is 8.64. The van der Waals surface area contributed by atoms with Crippen LogP contribution in [0.5, 0.6) is 0 Å². The minimum Gasteiger partial charge on any atom is -0.370 e. The summed E-state index contributed by atoms with van der Waals surface area (Å²) in [5, 5.41) is 3.01. The van der Waals surface area contributed by atoms with Gasteiger partial charge in [-0.05, 0) is 19.1 Å². The molecule has 0 aliphatic heterocycles. The number of aliphatic imine (C=N–C) groups is 2. The molecule has 0 aliphatic rings. The minimum atomic E-state index is -0.00867. The molecule has 0 saturated heterocycles. The Kier molecular flexibility index (Phi) is 4.15. The fourth-order valence-electron chi connectivity index (χ4n) is 1.03. The average molecular weight is 205 g/mol. The highest BCUT2D eigenvalue weighted by molar-refractivity contribution is 6.01. The van der Waals surface area contributed by atoms with Crippen LogP contribution in [0.1, 0.15) is 6.92 Å². The number of nitrogens with one attached hydrogen (secondary N) is 1. The van der Waals surface area contributed by atoms with E-state index < -0.39 is 0 Å². The van der Waals surface area contributed by atoms with Gasteiger partial charge in [0.1, 0.15) is 0 Å². The Labute approximate surface area is 88.9 Å². The van der Waals surface area contributed by atoms with E-state index in [2.05, 4.69) is 15.3 Å². The van der Waals surface area contributed by atoms with Gasteiger partial charge in [0.2, 0.25) is 5.96 Å². The van der Waals surface area contributed by atoms with Gasteiger partial charge in [0.25, 0.3) is 0 Å². The Balaban J connectivity index is 2.77. The van der Waals surface area contributed by atoms with Crippen molar-refractivity contribution in [3.8, 4) is 0 Å². The highest BCUT2D eigenvalue weighted by atomic mass is 15.2. The van der Waals surface area contributed by atoms with E-state index >= 15 is 0 Å². The van der Waals surface area contributed by atoms with Crippen LogP contribution in [-0.2, 0) is 0 Å². The van der Waals surface area contributed by atoms with E-state index in [1.807, 2.05) is 37.3 Å². The SMILES string of the molecule is CCN=C(N=C(N)N)Nc1ccccc1. The lowest BCUT2D eigenvalue weighted by atomic mass is 10.3. The largest absolute Gasteiger partial charge is 0.370 e. The summed E-state index contributed by atoms with van der Waals surface area (Å²) in [5.74, 6) is 0.411. The summed E-state index contributed by atoms with van der Waals surface area (Å²) < 4.78 is 0. The molecular weight excluding hydrogens is 190 g/mol. The summed E-state index contributed by atoms with van der Waals surface area (Å²) in [6.07, 6.45) is 0. The lowest BCUT2D eigenvalue weighted by Gasteiger charge is -2.05. The van der Waals surface area contributed by atoms with Gasteiger partial charge in [-0.2, -0.15) is 4.99 Å². The summed E-state index contributed by atoms with van der Waals surface area (Å²) >= 11 is 0. The van der Waals surface area contributed by atoms with Crippen molar-refractivity contribution in [2.75, 3.05) is 11.9 Å². The predicted octanol–water partition coefficient (Wildman–Crippen LogP) is 0.748. The molecule has 80 valence electrons. The van der Waals surface area contributed by atoms with Crippen molar-refractivity contribution in [3.05, 3.63) is 30.3 Å². The van der Waals surface area contributed by atoms with Gasteiger partial charge in [-0.1, -0.05) is 18.2 Å². The van der Waals surface area contributed by atoms with Crippen molar-refractivity contribution in [2.45, 2.75) is 6.92 Å². The number of guanidine groups is 2. The third kappa shape index (κ3) is 4.12. The van der Waals surface area contributed by atoms with Crippen LogP contribution in [0, 0.1) is 0 Å². The van der Waals surface area contributed by atoms with Gasteiger partial charge in [-0.15, -0.1) is 0 Å². The quantitative estimate of drug-likeness (QED) is 0.491. The van der Waals surface area contributed by atoms with Gasteiger partial charge in [-0.25, -0.2) is 0 Å². The Hall–Kier alpha value is -2.04. The maximum atomic E-state index is 5.28. The van der Waals surface area contributed by atoms with E-state index in [-0.39, 0.29) is 5.96 Å². The number of anilines is 1. The molecule has 5 heteroatoms. The van der Waals surface area contributed by atoms with Crippen LogP contribution in [0.3, 0.4) is 0 Å². The smallest absolute Gasteiger partial charge is 0.225 e. The first-order chi connectivity index (χ1) is 7.22. The van der Waals surface area contributed by atoms with Crippen molar-refractivity contribution in [1.82, 2.24) is 0 Å². The van der Waals surface area contributed by atoms with Crippen molar-refractivity contribution in [2.24, 2.45) is 21.5 Å². The number of para-hydroxylation sites is 1. The maximum Gasteiger partial charge on any atom is 0.225 e. The molecule has 0 heterocycles. The van der Waals surface area contributed by atoms with Crippen LogP contribution < -0.4 is 16.8 Å². The first kappa shape index (κ1) is 11.0. The van der Waals surface area contributed by atoms with Gasteiger partial charge in [0.15, 0.2) is 5.96 Å². The van der Waals surface area contributed by atoms with Crippen molar-refractivity contribution in [3.63, 3.8) is 0 Å². The Morgan fingerprint density at radius 3 is 2.47 bits per heavy atom. The minimum absolute atomic E-state index is 0.00867. The molecule has 1 aromatic carbocycles. The van der Waals surface area contributed by atoms with Crippen LogP contribution in [-0.4, -0.2) is 18.5 Å². The molecule has 0 amide bonds. The van der Waals surface area contributed by atoms with Gasteiger partial charge in [0.05, 0.1) is 0 Å². The normalized spacial score (nSPS) is 10.9. The lowest BCUT2D eigenvalue weighted by Crippen LogP contribution is -2.26. The molecule has 5 nitrogen and oxygen atoms in total. The summed E-state index contributed by atoms with van der Waals surface area (Å²) in [7, 11) is 0. The van der Waals surface area contributed by atoms with E-state index in [9.17, 15) is 0 Å². The van der Waals surface area contributed by atoms with Crippen LogP contribution >= 0.6 is 0 Å². The number of hydrogen-bond donors (Lipinski definition) is 3. The van der Waals surface area contributed by atoms with Gasteiger partial charge in [0, 0.05) is 12.2 Å². The molecule has 5 N–H and O–H groups in total. The molecule has 0 saturated carbocycles. The van der Waals surface area contributed by atoms with E-state index in [0.717, 1.165) is 5.69 Å². The number of nitrogens with zero attached hydrogens (tertiary/aromatic N) is 2. The van der Waals surface area contributed by atoms with E-state index in [0.29, 0.717) is 12.5 Å². The molecule has 0 atom stereocenters. The van der Waals surface area contributed by atoms with Crippen LogP contribution in [0.15, 0.2) is 40.3 Å². The molecule has 1 rings (SSSR count). The molecule has 0 bridgehead atoms. The Morgan fingerprint density at radius 2 is 1.93 bits per heavy atom. The third-order valence-corrected chi connectivity index (χ3v) is 1.57. The highest BCUT2D eigenvalue weighted by Gasteiger charge is 1.96. The van der Waals surface area contributed by atoms with Crippen LogP contribution in [0.25, 0.3) is 0 Å². The van der Waals surface area contributed by atoms with Crippen molar-refractivity contribution >= 4 is 17.6 Å². The number of rotatable bonds is 2. The molecule has 0 aromatic heterocycles. The molecule has 0 fully saturated rings. The average Bonchev–Trinajstić information content (AvgIpc) is 2.18. The fourth-order valence-corrected chi connectivity index (χ4v) is 1.03. The van der Waals surface area contributed by atoms with Gasteiger partial charge >= 0.3 is 0 Å². The Morgan fingerprint density at radius 1 is 1.27 bits per heavy atom. The zero-order valence-corrected chi connectivity index (χ0v) is 8.64. The first-order valence-electron chi connectivity index (χ1n) is 4.68. The summed E-state index contributed by atoms with van der Waals surface area (Å²) in [5.41, 5.74) is 11.5. The number of benzene rings is 1. The van der Waals surface area contributed by atoms with Crippen LogP contribution in [0.4, 0.5) is 5.69 Å². The van der Waals surface area contributed by atoms with E-state index in [1.165, 1.54) is 0 Å². The van der Waals surface area contributed by atoms with E-state index in [4.69, 9.17) is 11.5 Å². The molecule has 1 aromatic rings. The summed E-state index contributed by atoms with van der Waals surface area (Å²) in [6.45, 7) is 2.53. The molecular formula is C10H15N5. The second-order valence-electron chi connectivity index (χ2n) is 2.83. The Bertz CT molecular complexity index is 351. The maximum absolute atomic E-state index is 5.28. The third-order valence-electron chi connectivity index (χ3n) is 1.57. The van der Waals surface area contributed by atoms with Gasteiger partial charge in [-0.3, -0.25) is 4.99 Å². The lowest BCUT2D eigenvalue weighted by molar-refractivity contribution is 1.12. The second kappa shape index (κ2) is 5.64. The molecule has 0 spiro atoms. The molecule has 0 aliphatic carbocycles. The van der Waals surface area contributed by atoms with Gasteiger partial charge < -0.3 is 16.8 Å². The number of hydrogen-bond acceptors (Lipinski definition) is 1. The monoisotopic (exact) mass is 205 g/mol. The predicted molar refractivity (Wildman–Crippen MR) is 63.9 cm³/mol. The summed E-state index contributed by atoms with van der Waals surface area (Å²) in [4.78, 5) is 7.99. The van der Waals surface area contributed by atoms with Crippen molar-refractivity contribution < 1.29 is 0 Å².